The lowest BCUT2D eigenvalue weighted by molar-refractivity contribution is 0.00309. The number of nitrogens with one attached hydrogen (secondary N) is 2. The minimum atomic E-state index is -0.307. The zero-order valence-corrected chi connectivity index (χ0v) is 15.0. The number of carbonyl (C=O) groups is 1. The van der Waals surface area contributed by atoms with Gasteiger partial charge in [-0.05, 0) is 39.0 Å². The van der Waals surface area contributed by atoms with Crippen LogP contribution in [-0.4, -0.2) is 35.3 Å². The van der Waals surface area contributed by atoms with E-state index in [-0.39, 0.29) is 17.6 Å². The second-order valence-electron chi connectivity index (χ2n) is 6.86. The number of amides is 2. The number of thiazole rings is 1. The lowest BCUT2D eigenvalue weighted by Gasteiger charge is -2.38. The van der Waals surface area contributed by atoms with Crippen molar-refractivity contribution in [2.24, 2.45) is 5.41 Å². The molecule has 1 aliphatic rings. The van der Waals surface area contributed by atoms with E-state index in [1.165, 1.54) is 5.01 Å². The Hall–Kier alpha value is -1.14. The van der Waals surface area contributed by atoms with Crippen LogP contribution in [0.5, 0.6) is 0 Å². The number of aliphatic hydroxyl groups is 1. The molecule has 0 aromatic carbocycles. The molecule has 1 aromatic heterocycles. The van der Waals surface area contributed by atoms with Gasteiger partial charge in [-0.25, -0.2) is 9.78 Å². The monoisotopic (exact) mass is 339 g/mol. The maximum Gasteiger partial charge on any atom is 0.314 e. The van der Waals surface area contributed by atoms with Gasteiger partial charge in [-0.15, -0.1) is 11.3 Å². The van der Waals surface area contributed by atoms with Gasteiger partial charge < -0.3 is 15.7 Å². The summed E-state index contributed by atoms with van der Waals surface area (Å²) in [5.74, 6) is 0. The number of urea groups is 1. The predicted octanol–water partition coefficient (Wildman–Crippen LogP) is 3.01. The average Bonchev–Trinajstić information content (AvgIpc) is 2.94. The van der Waals surface area contributed by atoms with Gasteiger partial charge >= 0.3 is 6.03 Å². The van der Waals surface area contributed by atoms with Gasteiger partial charge in [-0.1, -0.05) is 19.8 Å². The van der Waals surface area contributed by atoms with Gasteiger partial charge in [0.15, 0.2) is 0 Å². The highest BCUT2D eigenvalue weighted by Gasteiger charge is 2.35. The molecule has 0 saturated heterocycles. The summed E-state index contributed by atoms with van der Waals surface area (Å²) in [5.41, 5.74) is 0.902. The van der Waals surface area contributed by atoms with Crippen molar-refractivity contribution in [3.05, 3.63) is 16.1 Å². The molecule has 0 aliphatic heterocycles. The number of aryl methyl sites for hydroxylation is 2. The van der Waals surface area contributed by atoms with E-state index < -0.39 is 0 Å². The van der Waals surface area contributed by atoms with Crippen molar-refractivity contribution in [1.82, 2.24) is 15.6 Å². The van der Waals surface area contributed by atoms with Crippen LogP contribution in [0.3, 0.4) is 0 Å². The number of hydrogen-bond acceptors (Lipinski definition) is 4. The minimum absolute atomic E-state index is 0.130. The highest BCUT2D eigenvalue weighted by atomic mass is 32.1. The van der Waals surface area contributed by atoms with Crippen LogP contribution in [0.1, 0.15) is 56.2 Å². The summed E-state index contributed by atoms with van der Waals surface area (Å²) in [6, 6.07) is -0.130. The predicted molar refractivity (Wildman–Crippen MR) is 93.8 cm³/mol. The van der Waals surface area contributed by atoms with E-state index >= 15 is 0 Å². The van der Waals surface area contributed by atoms with Gasteiger partial charge in [0.2, 0.25) is 0 Å². The van der Waals surface area contributed by atoms with Crippen LogP contribution < -0.4 is 10.6 Å². The third-order valence-electron chi connectivity index (χ3n) is 4.70. The quantitative estimate of drug-likeness (QED) is 0.669. The molecule has 2 rings (SSSR count). The van der Waals surface area contributed by atoms with Crippen LogP contribution in [0.25, 0.3) is 0 Å². The van der Waals surface area contributed by atoms with Gasteiger partial charge in [-0.3, -0.25) is 0 Å². The van der Waals surface area contributed by atoms with Crippen molar-refractivity contribution in [2.75, 3.05) is 13.1 Å². The molecular weight excluding hydrogens is 310 g/mol. The summed E-state index contributed by atoms with van der Waals surface area (Å²) in [6.45, 7) is 5.29. The zero-order valence-electron chi connectivity index (χ0n) is 14.2. The topological polar surface area (TPSA) is 74.2 Å². The second kappa shape index (κ2) is 8.64. The van der Waals surface area contributed by atoms with E-state index in [4.69, 9.17) is 0 Å². The Morgan fingerprint density at radius 3 is 2.96 bits per heavy atom. The molecule has 1 aromatic rings. The van der Waals surface area contributed by atoms with E-state index in [1.807, 2.05) is 6.92 Å². The van der Waals surface area contributed by atoms with E-state index in [1.54, 1.807) is 11.3 Å². The first-order valence-electron chi connectivity index (χ1n) is 8.60. The van der Waals surface area contributed by atoms with Gasteiger partial charge in [-0.2, -0.15) is 0 Å². The molecule has 6 heteroatoms. The van der Waals surface area contributed by atoms with Crippen LogP contribution in [0, 0.1) is 12.3 Å². The molecule has 0 spiro atoms. The summed E-state index contributed by atoms with van der Waals surface area (Å²) in [5, 5.41) is 19.2. The van der Waals surface area contributed by atoms with Gasteiger partial charge in [0.25, 0.3) is 0 Å². The van der Waals surface area contributed by atoms with Gasteiger partial charge in [0.05, 0.1) is 11.1 Å². The number of rotatable bonds is 7. The lowest BCUT2D eigenvalue weighted by atomic mass is 9.73. The second-order valence-corrected chi connectivity index (χ2v) is 7.81. The Bertz CT molecular complexity index is 506. The Morgan fingerprint density at radius 1 is 1.43 bits per heavy atom. The molecule has 1 saturated carbocycles. The van der Waals surface area contributed by atoms with Crippen LogP contribution in [0.2, 0.25) is 0 Å². The third kappa shape index (κ3) is 5.77. The van der Waals surface area contributed by atoms with Crippen molar-refractivity contribution >= 4 is 17.4 Å². The summed E-state index contributed by atoms with van der Waals surface area (Å²) in [6.07, 6.45) is 6.69. The number of aliphatic hydroxyl groups excluding tert-OH is 1. The number of hydrogen-bond donors (Lipinski definition) is 3. The Labute approximate surface area is 142 Å². The first-order valence-corrected chi connectivity index (χ1v) is 9.48. The van der Waals surface area contributed by atoms with Crippen molar-refractivity contribution in [2.45, 2.75) is 64.9 Å². The molecule has 0 bridgehead atoms. The highest BCUT2D eigenvalue weighted by molar-refractivity contribution is 7.09. The first kappa shape index (κ1) is 18.2. The van der Waals surface area contributed by atoms with Crippen LogP contribution >= 0.6 is 11.3 Å². The third-order valence-corrected chi connectivity index (χ3v) is 5.73. The lowest BCUT2D eigenvalue weighted by Crippen LogP contribution is -2.47. The van der Waals surface area contributed by atoms with Gasteiger partial charge in [0, 0.05) is 29.6 Å². The zero-order chi connectivity index (χ0) is 16.7. The number of carbonyl (C=O) groups excluding carboxylic acids is 1. The van der Waals surface area contributed by atoms with Crippen LogP contribution in [0.4, 0.5) is 4.79 Å². The Kier molecular flexibility index (Phi) is 6.84. The summed E-state index contributed by atoms with van der Waals surface area (Å²) >= 11 is 1.70. The molecule has 5 nitrogen and oxygen atoms in total. The fourth-order valence-electron chi connectivity index (χ4n) is 3.05. The van der Waals surface area contributed by atoms with Crippen molar-refractivity contribution in [3.8, 4) is 0 Å². The van der Waals surface area contributed by atoms with E-state index in [0.29, 0.717) is 13.1 Å². The van der Waals surface area contributed by atoms with Gasteiger partial charge in [0.1, 0.15) is 0 Å². The molecule has 2 atom stereocenters. The van der Waals surface area contributed by atoms with E-state index in [0.717, 1.165) is 50.6 Å². The normalized spacial score (nSPS) is 24.4. The fraction of sp³-hybridized carbons (Fsp3) is 0.765. The van der Waals surface area contributed by atoms with Crippen LogP contribution in [0.15, 0.2) is 5.38 Å². The molecule has 0 radical (unpaired) electrons. The maximum absolute atomic E-state index is 11.9. The maximum atomic E-state index is 11.9. The molecular formula is C17H29N3O2S. The number of nitrogens with zero attached hydrogens (tertiary/aromatic N) is 1. The van der Waals surface area contributed by atoms with E-state index in [9.17, 15) is 9.90 Å². The standard InChI is InChI=1S/C17H29N3O2S/c1-13-11-23-15(20-13)8-4-6-10-18-16(22)19-12-17(2)9-5-3-7-14(17)21/h11,14,21H,3-10,12H2,1-2H3,(H2,18,19,22). The largest absolute Gasteiger partial charge is 0.392 e. The Morgan fingerprint density at radius 2 is 2.26 bits per heavy atom. The van der Waals surface area contributed by atoms with E-state index in [2.05, 4.69) is 27.9 Å². The highest BCUT2D eigenvalue weighted by Crippen LogP contribution is 2.35. The number of unbranched alkanes of at least 4 members (excludes halogenated alkanes) is 1. The fourth-order valence-corrected chi connectivity index (χ4v) is 3.87. The smallest absolute Gasteiger partial charge is 0.314 e. The summed E-state index contributed by atoms with van der Waals surface area (Å²) in [7, 11) is 0. The SMILES string of the molecule is Cc1csc(CCCCNC(=O)NCC2(C)CCCCC2O)n1. The van der Waals surface area contributed by atoms with Crippen LogP contribution in [-0.2, 0) is 6.42 Å². The molecule has 130 valence electrons. The Balaban J connectivity index is 1.56. The summed E-state index contributed by atoms with van der Waals surface area (Å²) in [4.78, 5) is 16.3. The molecule has 2 unspecified atom stereocenters. The molecule has 2 amide bonds. The number of aromatic nitrogens is 1. The minimum Gasteiger partial charge on any atom is -0.392 e. The van der Waals surface area contributed by atoms with Crippen molar-refractivity contribution in [3.63, 3.8) is 0 Å². The first-order chi connectivity index (χ1) is 11.0. The molecule has 1 heterocycles. The van der Waals surface area contributed by atoms with Crippen molar-refractivity contribution < 1.29 is 9.90 Å². The molecule has 3 N–H and O–H groups in total. The van der Waals surface area contributed by atoms with Crippen molar-refractivity contribution in [1.29, 1.82) is 0 Å². The average molecular weight is 340 g/mol. The summed E-state index contributed by atoms with van der Waals surface area (Å²) < 4.78 is 0. The molecule has 1 fully saturated rings. The molecule has 23 heavy (non-hydrogen) atoms. The molecule has 1 aliphatic carbocycles.